The highest BCUT2D eigenvalue weighted by Gasteiger charge is 2.23. The predicted molar refractivity (Wildman–Crippen MR) is 230 cm³/mol. The Kier molecular flexibility index (Phi) is 6.83. The molecule has 0 aliphatic carbocycles. The highest BCUT2D eigenvalue weighted by atomic mass is 16.3. The Hall–Kier alpha value is -7.83. The van der Waals surface area contributed by atoms with Gasteiger partial charge < -0.3 is 13.4 Å². The lowest BCUT2D eigenvalue weighted by Crippen LogP contribution is -2.00. The van der Waals surface area contributed by atoms with E-state index in [0.29, 0.717) is 17.5 Å². The summed E-state index contributed by atoms with van der Waals surface area (Å²) in [6, 6.07) is 62.5. The number of fused-ring (bicyclic) bond motifs is 9. The molecular weight excluding hydrogens is 701 g/mol. The number of nitrogens with zero attached hydrogens (tertiary/aromatic N) is 4. The maximum Gasteiger partial charge on any atom is 0.164 e. The molecule has 0 saturated carbocycles. The van der Waals surface area contributed by atoms with Crippen molar-refractivity contribution in [2.24, 2.45) is 0 Å². The molecule has 0 N–H and O–H groups in total. The topological polar surface area (TPSA) is 69.9 Å². The van der Waals surface area contributed by atoms with Crippen LogP contribution < -0.4 is 0 Å². The molecule has 6 heteroatoms. The summed E-state index contributed by atoms with van der Waals surface area (Å²) in [5.74, 6) is 1.81. The third-order valence-electron chi connectivity index (χ3n) is 11.1. The van der Waals surface area contributed by atoms with E-state index in [1.165, 1.54) is 10.8 Å². The summed E-state index contributed by atoms with van der Waals surface area (Å²) < 4.78 is 15.9. The average Bonchev–Trinajstić information content (AvgIpc) is 3.97. The van der Waals surface area contributed by atoms with Crippen molar-refractivity contribution in [3.8, 4) is 51.0 Å². The molecule has 0 bridgehead atoms. The van der Waals surface area contributed by atoms with E-state index in [0.717, 1.165) is 88.4 Å². The van der Waals surface area contributed by atoms with Crippen molar-refractivity contribution in [2.45, 2.75) is 0 Å². The first-order chi connectivity index (χ1) is 28.3. The Bertz CT molecular complexity index is 3410. The molecule has 0 aliphatic rings. The maximum atomic E-state index is 6.88. The van der Waals surface area contributed by atoms with Gasteiger partial charge in [0.1, 0.15) is 22.3 Å². The van der Waals surface area contributed by atoms with E-state index in [-0.39, 0.29) is 0 Å². The van der Waals surface area contributed by atoms with Gasteiger partial charge in [-0.15, -0.1) is 0 Å². The Morgan fingerprint density at radius 3 is 1.49 bits per heavy atom. The number of hydrogen-bond donors (Lipinski definition) is 0. The molecule has 0 atom stereocenters. The van der Waals surface area contributed by atoms with Crippen LogP contribution in [0.1, 0.15) is 0 Å². The van der Waals surface area contributed by atoms with Gasteiger partial charge in [0.25, 0.3) is 0 Å². The minimum atomic E-state index is 0.583. The number of rotatable bonds is 5. The van der Waals surface area contributed by atoms with Crippen molar-refractivity contribution >= 4 is 65.7 Å². The van der Waals surface area contributed by atoms with Gasteiger partial charge in [0.2, 0.25) is 0 Å². The Balaban J connectivity index is 1.11. The normalized spacial score (nSPS) is 11.9. The number of furan rings is 2. The van der Waals surface area contributed by atoms with E-state index in [4.69, 9.17) is 23.8 Å². The monoisotopic (exact) mass is 730 g/mol. The summed E-state index contributed by atoms with van der Waals surface area (Å²) in [6.07, 6.45) is 0. The summed E-state index contributed by atoms with van der Waals surface area (Å²) in [5.41, 5.74) is 11.3. The number of benzene rings is 8. The summed E-state index contributed by atoms with van der Waals surface area (Å²) >= 11 is 0. The third-order valence-corrected chi connectivity index (χ3v) is 11.1. The Labute approximate surface area is 325 Å². The summed E-state index contributed by atoms with van der Waals surface area (Å²) in [7, 11) is 0. The lowest BCUT2D eigenvalue weighted by molar-refractivity contribution is 0.668. The van der Waals surface area contributed by atoms with Gasteiger partial charge >= 0.3 is 0 Å². The molecule has 12 aromatic rings. The first-order valence-corrected chi connectivity index (χ1v) is 19.0. The van der Waals surface area contributed by atoms with Crippen LogP contribution in [0.4, 0.5) is 0 Å². The number of hydrogen-bond acceptors (Lipinski definition) is 5. The standard InChI is InChI=1S/C51H30N4O2/c1-3-15-31(16-4-1)49-52-50(32-17-5-2-6-18-32)54-51(53-49)38-24-13-28-42-45(38)37-23-11-22-36(48(37)57-42)35-21-12-29-43-46(35)47-41(27-14-30-44(47)56-43)55-39-25-9-7-19-33(39)34-20-8-10-26-40(34)55/h1-30H. The second-order valence-corrected chi connectivity index (χ2v) is 14.3. The van der Waals surface area contributed by atoms with Crippen LogP contribution in [0.15, 0.2) is 191 Å². The van der Waals surface area contributed by atoms with E-state index in [9.17, 15) is 0 Å². The van der Waals surface area contributed by atoms with Crippen molar-refractivity contribution in [3.63, 3.8) is 0 Å². The zero-order valence-electron chi connectivity index (χ0n) is 30.4. The average molecular weight is 731 g/mol. The van der Waals surface area contributed by atoms with Crippen LogP contribution in [0, 0.1) is 0 Å². The summed E-state index contributed by atoms with van der Waals surface area (Å²) in [4.78, 5) is 15.1. The molecule has 0 fully saturated rings. The highest BCUT2D eigenvalue weighted by Crippen LogP contribution is 2.46. The second-order valence-electron chi connectivity index (χ2n) is 14.3. The Morgan fingerprint density at radius 1 is 0.333 bits per heavy atom. The van der Waals surface area contributed by atoms with E-state index < -0.39 is 0 Å². The van der Waals surface area contributed by atoms with Crippen LogP contribution in [0.5, 0.6) is 0 Å². The van der Waals surface area contributed by atoms with Gasteiger partial charge in [-0.25, -0.2) is 15.0 Å². The molecule has 0 spiro atoms. The first kappa shape index (κ1) is 31.5. The van der Waals surface area contributed by atoms with Crippen LogP contribution in [0.25, 0.3) is 117 Å². The summed E-state index contributed by atoms with van der Waals surface area (Å²) in [6.45, 7) is 0. The largest absolute Gasteiger partial charge is 0.456 e. The van der Waals surface area contributed by atoms with Crippen LogP contribution >= 0.6 is 0 Å². The van der Waals surface area contributed by atoms with Crippen LogP contribution in [-0.4, -0.2) is 19.5 Å². The van der Waals surface area contributed by atoms with Crippen molar-refractivity contribution < 1.29 is 8.83 Å². The quantitative estimate of drug-likeness (QED) is 0.176. The second kappa shape index (κ2) is 12.3. The van der Waals surface area contributed by atoms with Crippen molar-refractivity contribution in [1.82, 2.24) is 19.5 Å². The fraction of sp³-hybridized carbons (Fsp3) is 0. The molecule has 0 saturated heterocycles. The van der Waals surface area contributed by atoms with Crippen molar-refractivity contribution in [2.75, 3.05) is 0 Å². The molecular formula is C51H30N4O2. The zero-order valence-corrected chi connectivity index (χ0v) is 30.4. The Morgan fingerprint density at radius 2 is 0.825 bits per heavy atom. The van der Waals surface area contributed by atoms with Gasteiger partial charge in [-0.2, -0.15) is 0 Å². The first-order valence-electron chi connectivity index (χ1n) is 19.0. The summed E-state index contributed by atoms with van der Waals surface area (Å²) in [5, 5.41) is 6.45. The minimum absolute atomic E-state index is 0.583. The smallest absolute Gasteiger partial charge is 0.164 e. The van der Waals surface area contributed by atoms with E-state index in [1.54, 1.807) is 0 Å². The molecule has 12 rings (SSSR count). The molecule has 0 radical (unpaired) electrons. The lowest BCUT2D eigenvalue weighted by atomic mass is 9.96. The SMILES string of the molecule is c1ccc(-c2nc(-c3ccccc3)nc(-c3cccc4oc5c(-c6cccc7oc8cccc(-n9c%10ccccc%10c%10ccccc%109)c8c67)cccc5c34)n2)cc1. The molecule has 4 aromatic heterocycles. The van der Waals surface area contributed by atoms with Gasteiger partial charge in [0.05, 0.1) is 22.1 Å². The van der Waals surface area contributed by atoms with Crippen LogP contribution in [0.2, 0.25) is 0 Å². The van der Waals surface area contributed by atoms with E-state index in [1.807, 2.05) is 72.8 Å². The molecule has 0 unspecified atom stereocenters. The zero-order chi connectivity index (χ0) is 37.5. The number of aromatic nitrogens is 4. The molecule has 6 nitrogen and oxygen atoms in total. The third kappa shape index (κ3) is 4.81. The highest BCUT2D eigenvalue weighted by molar-refractivity contribution is 6.21. The minimum Gasteiger partial charge on any atom is -0.456 e. The number of para-hydroxylation sites is 3. The van der Waals surface area contributed by atoms with E-state index >= 15 is 0 Å². The predicted octanol–water partition coefficient (Wildman–Crippen LogP) is 13.4. The van der Waals surface area contributed by atoms with Crippen LogP contribution in [-0.2, 0) is 0 Å². The van der Waals surface area contributed by atoms with E-state index in [2.05, 4.69) is 114 Å². The molecule has 0 aliphatic heterocycles. The van der Waals surface area contributed by atoms with Gasteiger partial charge in [-0.1, -0.05) is 146 Å². The van der Waals surface area contributed by atoms with Gasteiger partial charge in [0.15, 0.2) is 17.5 Å². The molecule has 266 valence electrons. The fourth-order valence-corrected chi connectivity index (χ4v) is 8.62. The fourth-order valence-electron chi connectivity index (χ4n) is 8.62. The van der Waals surface area contributed by atoms with Crippen molar-refractivity contribution in [1.29, 1.82) is 0 Å². The lowest BCUT2D eigenvalue weighted by Gasteiger charge is -2.11. The molecule has 57 heavy (non-hydrogen) atoms. The molecule has 0 amide bonds. The molecule has 4 heterocycles. The maximum absolute atomic E-state index is 6.88. The van der Waals surface area contributed by atoms with Gasteiger partial charge in [-0.3, -0.25) is 0 Å². The molecule has 8 aromatic carbocycles. The van der Waals surface area contributed by atoms with Gasteiger partial charge in [-0.05, 0) is 42.0 Å². The van der Waals surface area contributed by atoms with Gasteiger partial charge in [0, 0.05) is 49.2 Å². The van der Waals surface area contributed by atoms with Crippen molar-refractivity contribution in [3.05, 3.63) is 182 Å². The van der Waals surface area contributed by atoms with Crippen LogP contribution in [0.3, 0.4) is 0 Å².